The smallest absolute Gasteiger partial charge is 0.313 e. The lowest BCUT2D eigenvalue weighted by atomic mass is 9.85. The van der Waals surface area contributed by atoms with Gasteiger partial charge in [0.15, 0.2) is 5.69 Å². The summed E-state index contributed by atoms with van der Waals surface area (Å²) in [7, 11) is 0. The summed E-state index contributed by atoms with van der Waals surface area (Å²) in [5, 5.41) is 19.6. The van der Waals surface area contributed by atoms with E-state index in [1.54, 1.807) is 6.92 Å². The third kappa shape index (κ3) is 2.48. The molecular formula is C11H14N4O4. The van der Waals surface area contributed by atoms with E-state index in [0.717, 1.165) is 0 Å². The number of anilines is 1. The summed E-state index contributed by atoms with van der Waals surface area (Å²) < 4.78 is 5.20. The third-order valence-electron chi connectivity index (χ3n) is 3.18. The maximum atomic E-state index is 11.3. The van der Waals surface area contributed by atoms with Crippen LogP contribution in [0.15, 0.2) is 12.1 Å². The summed E-state index contributed by atoms with van der Waals surface area (Å²) >= 11 is 0. The zero-order valence-corrected chi connectivity index (χ0v) is 10.3. The number of carboxylic acid groups (broad SMARTS) is 1. The van der Waals surface area contributed by atoms with Crippen molar-refractivity contribution in [3.05, 3.63) is 17.8 Å². The molecule has 8 heteroatoms. The molecule has 2 unspecified atom stereocenters. The molecule has 2 heterocycles. The van der Waals surface area contributed by atoms with Gasteiger partial charge in [-0.05, 0) is 19.1 Å². The SMILES string of the molecule is CC1(C(=O)O)COCC1Nc1ccc(C(N)=O)nn1. The Labute approximate surface area is 109 Å². The van der Waals surface area contributed by atoms with Crippen LogP contribution in [0.1, 0.15) is 17.4 Å². The fraction of sp³-hybridized carbons (Fsp3) is 0.455. The molecule has 2 atom stereocenters. The molecule has 0 radical (unpaired) electrons. The van der Waals surface area contributed by atoms with Gasteiger partial charge in [0, 0.05) is 0 Å². The van der Waals surface area contributed by atoms with Crippen LogP contribution in [0.2, 0.25) is 0 Å². The van der Waals surface area contributed by atoms with E-state index >= 15 is 0 Å². The largest absolute Gasteiger partial charge is 0.481 e. The molecule has 1 aromatic rings. The first-order chi connectivity index (χ1) is 8.93. The summed E-state index contributed by atoms with van der Waals surface area (Å²) in [6.07, 6.45) is 0. The maximum absolute atomic E-state index is 11.3. The second-order valence-electron chi connectivity index (χ2n) is 4.60. The minimum Gasteiger partial charge on any atom is -0.481 e. The van der Waals surface area contributed by atoms with E-state index in [1.807, 2.05) is 0 Å². The summed E-state index contributed by atoms with van der Waals surface area (Å²) in [6.45, 7) is 2.00. The fourth-order valence-electron chi connectivity index (χ4n) is 1.80. The van der Waals surface area contributed by atoms with Crippen molar-refractivity contribution in [3.63, 3.8) is 0 Å². The van der Waals surface area contributed by atoms with Gasteiger partial charge in [-0.2, -0.15) is 0 Å². The predicted molar refractivity (Wildman–Crippen MR) is 64.5 cm³/mol. The van der Waals surface area contributed by atoms with E-state index in [9.17, 15) is 14.7 Å². The Hall–Kier alpha value is -2.22. The molecule has 2 rings (SSSR count). The first-order valence-corrected chi connectivity index (χ1v) is 5.64. The Bertz CT molecular complexity index is 504. The highest BCUT2D eigenvalue weighted by molar-refractivity contribution is 5.90. The summed E-state index contributed by atoms with van der Waals surface area (Å²) in [6, 6.07) is 2.53. The van der Waals surface area contributed by atoms with Gasteiger partial charge in [0.1, 0.15) is 11.2 Å². The Balaban J connectivity index is 2.12. The van der Waals surface area contributed by atoms with Gasteiger partial charge in [-0.15, -0.1) is 10.2 Å². The van der Waals surface area contributed by atoms with E-state index in [0.29, 0.717) is 5.82 Å². The van der Waals surface area contributed by atoms with Gasteiger partial charge in [0.2, 0.25) is 0 Å². The van der Waals surface area contributed by atoms with Crippen molar-refractivity contribution in [3.8, 4) is 0 Å². The van der Waals surface area contributed by atoms with Crippen LogP contribution in [0.4, 0.5) is 5.82 Å². The van der Waals surface area contributed by atoms with Crippen molar-refractivity contribution in [1.82, 2.24) is 10.2 Å². The highest BCUT2D eigenvalue weighted by Crippen LogP contribution is 2.30. The van der Waals surface area contributed by atoms with Crippen LogP contribution in [-0.4, -0.2) is 46.4 Å². The number of hydrogen-bond acceptors (Lipinski definition) is 6. The second-order valence-corrected chi connectivity index (χ2v) is 4.60. The Kier molecular flexibility index (Phi) is 3.34. The number of amides is 1. The highest BCUT2D eigenvalue weighted by Gasteiger charge is 2.46. The molecule has 0 spiro atoms. The number of rotatable bonds is 4. The zero-order valence-electron chi connectivity index (χ0n) is 10.3. The molecule has 1 aliphatic rings. The number of carbonyl (C=O) groups excluding carboxylic acids is 1. The van der Waals surface area contributed by atoms with Crippen LogP contribution < -0.4 is 11.1 Å². The van der Waals surface area contributed by atoms with Crippen LogP contribution in [0.25, 0.3) is 0 Å². The van der Waals surface area contributed by atoms with Crippen molar-refractivity contribution < 1.29 is 19.4 Å². The van der Waals surface area contributed by atoms with Gasteiger partial charge in [-0.1, -0.05) is 0 Å². The van der Waals surface area contributed by atoms with E-state index < -0.39 is 23.3 Å². The molecule has 1 amide bonds. The monoisotopic (exact) mass is 266 g/mol. The normalized spacial score (nSPS) is 26.1. The minimum absolute atomic E-state index is 0.0502. The Morgan fingerprint density at radius 3 is 2.79 bits per heavy atom. The van der Waals surface area contributed by atoms with Crippen LogP contribution in [-0.2, 0) is 9.53 Å². The summed E-state index contributed by atoms with van der Waals surface area (Å²) in [5.74, 6) is -1.24. The number of hydrogen-bond donors (Lipinski definition) is 3. The van der Waals surface area contributed by atoms with Gasteiger partial charge >= 0.3 is 5.97 Å². The van der Waals surface area contributed by atoms with Crippen molar-refractivity contribution in [2.45, 2.75) is 13.0 Å². The zero-order chi connectivity index (χ0) is 14.0. The average Bonchev–Trinajstić information content (AvgIpc) is 2.73. The molecule has 1 aromatic heterocycles. The quantitative estimate of drug-likeness (QED) is 0.668. The molecular weight excluding hydrogens is 252 g/mol. The molecule has 0 saturated carbocycles. The molecule has 0 aromatic carbocycles. The molecule has 1 saturated heterocycles. The van der Waals surface area contributed by atoms with Crippen LogP contribution in [0.5, 0.6) is 0 Å². The molecule has 1 fully saturated rings. The van der Waals surface area contributed by atoms with Gasteiger partial charge in [-0.3, -0.25) is 9.59 Å². The first-order valence-electron chi connectivity index (χ1n) is 5.64. The van der Waals surface area contributed by atoms with Crippen molar-refractivity contribution in [2.75, 3.05) is 18.5 Å². The predicted octanol–water partition coefficient (Wildman–Crippen LogP) is -0.523. The van der Waals surface area contributed by atoms with E-state index in [-0.39, 0.29) is 18.9 Å². The van der Waals surface area contributed by atoms with Crippen LogP contribution in [0, 0.1) is 5.41 Å². The number of nitrogens with two attached hydrogens (primary N) is 1. The first kappa shape index (κ1) is 13.2. The lowest BCUT2D eigenvalue weighted by molar-refractivity contribution is -0.148. The Morgan fingerprint density at radius 2 is 2.26 bits per heavy atom. The minimum atomic E-state index is -1.02. The third-order valence-corrected chi connectivity index (χ3v) is 3.18. The molecule has 4 N–H and O–H groups in total. The number of aromatic nitrogens is 2. The van der Waals surface area contributed by atoms with E-state index in [4.69, 9.17) is 10.5 Å². The number of primary amides is 1. The van der Waals surface area contributed by atoms with Crippen LogP contribution in [0.3, 0.4) is 0 Å². The number of carboxylic acids is 1. The number of aliphatic carboxylic acids is 1. The topological polar surface area (TPSA) is 127 Å². The number of carbonyl (C=O) groups is 2. The number of ether oxygens (including phenoxy) is 1. The van der Waals surface area contributed by atoms with E-state index in [2.05, 4.69) is 15.5 Å². The fourth-order valence-corrected chi connectivity index (χ4v) is 1.80. The second kappa shape index (κ2) is 4.81. The Morgan fingerprint density at radius 1 is 1.53 bits per heavy atom. The van der Waals surface area contributed by atoms with E-state index in [1.165, 1.54) is 12.1 Å². The maximum Gasteiger partial charge on any atom is 0.313 e. The van der Waals surface area contributed by atoms with Crippen molar-refractivity contribution >= 4 is 17.7 Å². The van der Waals surface area contributed by atoms with Gasteiger partial charge < -0.3 is 20.9 Å². The molecule has 0 bridgehead atoms. The van der Waals surface area contributed by atoms with Gasteiger partial charge in [-0.25, -0.2) is 0 Å². The standard InChI is InChI=1S/C11H14N4O4/c1-11(10(17)18)5-19-4-7(11)13-8-3-2-6(9(12)16)14-15-8/h2-3,7H,4-5H2,1H3,(H2,12,16)(H,13,15)(H,17,18). The van der Waals surface area contributed by atoms with Gasteiger partial charge in [0.25, 0.3) is 5.91 Å². The number of nitrogens with zero attached hydrogens (tertiary/aromatic N) is 2. The molecule has 102 valence electrons. The highest BCUT2D eigenvalue weighted by atomic mass is 16.5. The van der Waals surface area contributed by atoms with Crippen molar-refractivity contribution in [1.29, 1.82) is 0 Å². The molecule has 8 nitrogen and oxygen atoms in total. The van der Waals surface area contributed by atoms with Gasteiger partial charge in [0.05, 0.1) is 19.3 Å². The summed E-state index contributed by atoms with van der Waals surface area (Å²) in [4.78, 5) is 22.1. The lowest BCUT2D eigenvalue weighted by Gasteiger charge is -2.25. The lowest BCUT2D eigenvalue weighted by Crippen LogP contribution is -2.43. The average molecular weight is 266 g/mol. The van der Waals surface area contributed by atoms with Crippen LogP contribution >= 0.6 is 0 Å². The number of nitrogens with one attached hydrogen (secondary N) is 1. The summed E-state index contributed by atoms with van der Waals surface area (Å²) in [5.41, 5.74) is 4.08. The molecule has 19 heavy (non-hydrogen) atoms. The molecule has 1 aliphatic heterocycles. The molecule has 0 aliphatic carbocycles. The van der Waals surface area contributed by atoms with Crippen molar-refractivity contribution in [2.24, 2.45) is 11.1 Å².